The fourth-order valence-corrected chi connectivity index (χ4v) is 26.1. The van der Waals surface area contributed by atoms with Crippen LogP contribution in [-0.4, -0.2) is 16.1 Å². The monoisotopic (exact) mass is 742 g/mol. The van der Waals surface area contributed by atoms with Gasteiger partial charge in [0.2, 0.25) is 0 Å². The van der Waals surface area contributed by atoms with Gasteiger partial charge in [-0.25, -0.2) is 0 Å². The molecule has 0 amide bonds. The molecular formula is C52H62Si2. The molecule has 0 aliphatic heterocycles. The van der Waals surface area contributed by atoms with E-state index in [9.17, 15) is 0 Å². The van der Waals surface area contributed by atoms with E-state index in [0.717, 1.165) is 0 Å². The Morgan fingerprint density at radius 3 is 0.963 bits per heavy atom. The highest BCUT2D eigenvalue weighted by Gasteiger charge is 2.50. The van der Waals surface area contributed by atoms with Crippen LogP contribution >= 0.6 is 0 Å². The lowest BCUT2D eigenvalue weighted by Crippen LogP contribution is -2.59. The van der Waals surface area contributed by atoms with E-state index in [2.05, 4.69) is 204 Å². The summed E-state index contributed by atoms with van der Waals surface area (Å²) in [4.78, 5) is 0. The molecule has 7 aromatic carbocycles. The Balaban J connectivity index is 1.66. The number of hydrogen-bond acceptors (Lipinski definition) is 0. The molecule has 0 aliphatic carbocycles. The van der Waals surface area contributed by atoms with E-state index in [1.165, 1.54) is 43.8 Å². The third-order valence-electron chi connectivity index (χ3n) is 13.9. The van der Waals surface area contributed by atoms with Gasteiger partial charge in [-0.2, -0.15) is 0 Å². The van der Waals surface area contributed by atoms with Crippen molar-refractivity contribution in [1.82, 2.24) is 0 Å². The molecule has 0 saturated heterocycles. The van der Waals surface area contributed by atoms with Crippen LogP contribution in [0.15, 0.2) is 121 Å². The van der Waals surface area contributed by atoms with Crippen molar-refractivity contribution in [2.75, 3.05) is 0 Å². The summed E-state index contributed by atoms with van der Waals surface area (Å²) in [5.41, 5.74) is 8.63. The lowest BCUT2D eigenvalue weighted by atomic mass is 9.94. The van der Waals surface area contributed by atoms with Crippen molar-refractivity contribution in [3.8, 4) is 22.3 Å². The van der Waals surface area contributed by atoms with E-state index in [4.69, 9.17) is 0 Å². The normalized spacial score (nSPS) is 13.1. The summed E-state index contributed by atoms with van der Waals surface area (Å²) in [5, 5.41) is 15.0. The summed E-state index contributed by atoms with van der Waals surface area (Å²) in [6.07, 6.45) is 0. The second kappa shape index (κ2) is 14.6. The number of benzene rings is 7. The van der Waals surface area contributed by atoms with Crippen LogP contribution in [0.25, 0.3) is 65.3 Å². The van der Waals surface area contributed by atoms with Crippen molar-refractivity contribution in [2.24, 2.45) is 0 Å². The van der Waals surface area contributed by atoms with Crippen molar-refractivity contribution in [1.29, 1.82) is 0 Å². The number of hydrogen-bond donors (Lipinski definition) is 0. The Labute approximate surface area is 328 Å². The van der Waals surface area contributed by atoms with E-state index in [0.29, 0.717) is 33.2 Å². The second-order valence-electron chi connectivity index (χ2n) is 18.2. The molecule has 0 N–H and O–H groups in total. The van der Waals surface area contributed by atoms with Crippen LogP contribution in [0.1, 0.15) is 83.1 Å². The molecule has 0 spiro atoms. The standard InChI is InChI=1S/C52H62Si2/c1-33(2)53(34(3)4,35(5)6)51-47-29-42-20-16-17-21-43(42)30-48(47)52(54(36(7)8,37(9)10)38(11)12)50-32-46-28-44(26-27-45(46)31-49(50)51)41-24-22-40(23-25-41)39-18-14-13-15-19-39/h13-38H,1-12H3. The predicted octanol–water partition coefficient (Wildman–Crippen LogP) is 15.4. The van der Waals surface area contributed by atoms with Crippen molar-refractivity contribution in [2.45, 2.75) is 116 Å². The number of fused-ring (bicyclic) bond motifs is 4. The van der Waals surface area contributed by atoms with Crippen molar-refractivity contribution < 1.29 is 0 Å². The van der Waals surface area contributed by atoms with Gasteiger partial charge in [-0.15, -0.1) is 0 Å². The second-order valence-corrected chi connectivity index (χ2v) is 29.9. The molecule has 0 unspecified atom stereocenters. The first kappa shape index (κ1) is 38.3. The van der Waals surface area contributed by atoms with Gasteiger partial charge in [0.15, 0.2) is 0 Å². The summed E-state index contributed by atoms with van der Waals surface area (Å²) in [5.74, 6) is 0. The van der Waals surface area contributed by atoms with Gasteiger partial charge in [-0.05, 0) is 139 Å². The topological polar surface area (TPSA) is 0 Å². The molecule has 0 nitrogen and oxygen atoms in total. The maximum absolute atomic E-state index is 2.66. The third kappa shape index (κ3) is 5.91. The van der Waals surface area contributed by atoms with E-state index < -0.39 is 16.1 Å². The third-order valence-corrected chi connectivity index (χ3v) is 28.1. The highest BCUT2D eigenvalue weighted by Crippen LogP contribution is 2.48. The quantitative estimate of drug-likeness (QED) is 0.0967. The Bertz CT molecular complexity index is 2400. The SMILES string of the molecule is CC(C)[Si](c1c2cc3ccccc3cc2c([Si](C(C)C)(C(C)C)C(C)C)c2cc3cc(-c4ccc(-c5ccccc5)cc4)ccc3cc12)(C(C)C)C(C)C. The minimum Gasteiger partial charge on any atom is -0.0648 e. The maximum Gasteiger partial charge on any atom is 0.0958 e. The van der Waals surface area contributed by atoms with E-state index >= 15 is 0 Å². The van der Waals surface area contributed by atoms with Crippen LogP contribution in [0.4, 0.5) is 0 Å². The zero-order chi connectivity index (χ0) is 38.7. The minimum atomic E-state index is -2.17. The maximum atomic E-state index is 2.66. The van der Waals surface area contributed by atoms with Gasteiger partial charge >= 0.3 is 0 Å². The van der Waals surface area contributed by atoms with Gasteiger partial charge < -0.3 is 0 Å². The van der Waals surface area contributed by atoms with Crippen molar-refractivity contribution >= 4 is 69.6 Å². The van der Waals surface area contributed by atoms with Gasteiger partial charge in [0.25, 0.3) is 0 Å². The molecule has 0 heterocycles. The number of rotatable bonds is 10. The Morgan fingerprint density at radius 1 is 0.278 bits per heavy atom. The summed E-state index contributed by atoms with van der Waals surface area (Å²) in [6, 6.07) is 46.8. The van der Waals surface area contributed by atoms with Crippen LogP contribution < -0.4 is 10.4 Å². The summed E-state index contributed by atoms with van der Waals surface area (Å²) in [7, 11) is -4.32. The highest BCUT2D eigenvalue weighted by atomic mass is 28.3. The average Bonchev–Trinajstić information content (AvgIpc) is 3.14. The molecule has 54 heavy (non-hydrogen) atoms. The average molecular weight is 743 g/mol. The van der Waals surface area contributed by atoms with Crippen LogP contribution in [0.2, 0.25) is 33.2 Å². The van der Waals surface area contributed by atoms with Crippen LogP contribution in [0.5, 0.6) is 0 Å². The molecule has 0 aliphatic rings. The van der Waals surface area contributed by atoms with E-state index in [-0.39, 0.29) is 0 Å². The predicted molar refractivity (Wildman–Crippen MR) is 249 cm³/mol. The fourth-order valence-electron chi connectivity index (χ4n) is 12.0. The molecule has 0 aromatic heterocycles. The van der Waals surface area contributed by atoms with Gasteiger partial charge in [0, 0.05) is 0 Å². The van der Waals surface area contributed by atoms with E-state index in [1.54, 1.807) is 31.9 Å². The zero-order valence-electron chi connectivity index (χ0n) is 35.0. The largest absolute Gasteiger partial charge is 0.0958 e. The minimum absolute atomic E-state index is 0.591. The molecule has 278 valence electrons. The zero-order valence-corrected chi connectivity index (χ0v) is 37.0. The molecular weight excluding hydrogens is 681 g/mol. The van der Waals surface area contributed by atoms with Gasteiger partial charge in [0.05, 0.1) is 16.1 Å². The van der Waals surface area contributed by atoms with Gasteiger partial charge in [-0.1, -0.05) is 174 Å². The fraction of sp³-hybridized carbons (Fsp3) is 0.346. The molecule has 0 fully saturated rings. The molecule has 0 bridgehead atoms. The van der Waals surface area contributed by atoms with Crippen LogP contribution in [0.3, 0.4) is 0 Å². The lowest BCUT2D eigenvalue weighted by Gasteiger charge is -2.48. The smallest absolute Gasteiger partial charge is 0.0648 e. The Kier molecular flexibility index (Phi) is 10.3. The first-order valence-corrected chi connectivity index (χ1v) is 25.2. The summed E-state index contributed by atoms with van der Waals surface area (Å²) < 4.78 is 0. The highest BCUT2D eigenvalue weighted by molar-refractivity contribution is 7.01. The van der Waals surface area contributed by atoms with E-state index in [1.807, 2.05) is 0 Å². The molecule has 0 radical (unpaired) electrons. The molecule has 7 aromatic rings. The first-order valence-electron chi connectivity index (χ1n) is 20.8. The molecule has 2 heteroatoms. The van der Waals surface area contributed by atoms with Crippen molar-refractivity contribution in [3.05, 3.63) is 121 Å². The molecule has 0 saturated carbocycles. The van der Waals surface area contributed by atoms with Crippen LogP contribution in [0, 0.1) is 0 Å². The van der Waals surface area contributed by atoms with Crippen molar-refractivity contribution in [3.63, 3.8) is 0 Å². The molecule has 7 rings (SSSR count). The van der Waals surface area contributed by atoms with Gasteiger partial charge in [-0.3, -0.25) is 0 Å². The summed E-state index contributed by atoms with van der Waals surface area (Å²) in [6.45, 7) is 30.6. The summed E-state index contributed by atoms with van der Waals surface area (Å²) >= 11 is 0. The first-order chi connectivity index (χ1) is 25.7. The Morgan fingerprint density at radius 2 is 0.574 bits per heavy atom. The molecule has 0 atom stereocenters. The van der Waals surface area contributed by atoms with Gasteiger partial charge in [0.1, 0.15) is 0 Å². The lowest BCUT2D eigenvalue weighted by molar-refractivity contribution is 0.835. The van der Waals surface area contributed by atoms with Crippen LogP contribution in [-0.2, 0) is 0 Å². The Hall–Kier alpha value is -3.99.